The fourth-order valence-corrected chi connectivity index (χ4v) is 2.27. The van der Waals surface area contributed by atoms with E-state index in [4.69, 9.17) is 4.74 Å². The van der Waals surface area contributed by atoms with E-state index in [1.165, 1.54) is 0 Å². The van der Waals surface area contributed by atoms with Gasteiger partial charge in [0.1, 0.15) is 5.75 Å². The van der Waals surface area contributed by atoms with E-state index < -0.39 is 0 Å². The summed E-state index contributed by atoms with van der Waals surface area (Å²) in [4.78, 5) is 14.0. The number of piperidine rings is 1. The van der Waals surface area contributed by atoms with E-state index in [9.17, 15) is 4.79 Å². The number of benzene rings is 1. The van der Waals surface area contributed by atoms with Crippen LogP contribution in [0, 0.1) is 0 Å². The van der Waals surface area contributed by atoms with Gasteiger partial charge in [-0.1, -0.05) is 0 Å². The average molecular weight is 300 g/mol. The molecule has 0 bridgehead atoms. The molecule has 0 radical (unpaired) electrons. The molecule has 2 rings (SSSR count). The highest BCUT2D eigenvalue weighted by Crippen LogP contribution is 2.16. The van der Waals surface area contributed by atoms with Gasteiger partial charge in [-0.3, -0.25) is 0 Å². The van der Waals surface area contributed by atoms with Gasteiger partial charge in [-0.2, -0.15) is 0 Å². The highest BCUT2D eigenvalue weighted by Gasteiger charge is 2.22. The second-order valence-electron chi connectivity index (χ2n) is 4.73. The van der Waals surface area contributed by atoms with E-state index in [-0.39, 0.29) is 18.4 Å². The minimum Gasteiger partial charge on any atom is -0.497 e. The first-order valence-electron chi connectivity index (χ1n) is 6.60. The number of hydrogen-bond acceptors (Lipinski definition) is 3. The van der Waals surface area contributed by atoms with Gasteiger partial charge in [0.15, 0.2) is 0 Å². The lowest BCUT2D eigenvalue weighted by atomic mass is 10.1. The van der Waals surface area contributed by atoms with Crippen LogP contribution >= 0.6 is 12.4 Å². The SMILES string of the molecule is CNC1CCCN(C(=O)Nc2ccc(OC)cc2)C1.Cl. The molecule has 2 N–H and O–H groups in total. The standard InChI is InChI=1S/C14H21N3O2.ClH/c1-15-12-4-3-9-17(10-12)14(18)16-11-5-7-13(19-2)8-6-11;/h5-8,12,15H,3-4,9-10H2,1-2H3,(H,16,18);1H. The quantitative estimate of drug-likeness (QED) is 0.901. The molecule has 1 heterocycles. The number of ether oxygens (including phenoxy) is 1. The van der Waals surface area contributed by atoms with E-state index in [0.717, 1.165) is 37.4 Å². The second kappa shape index (κ2) is 7.97. The number of anilines is 1. The summed E-state index contributed by atoms with van der Waals surface area (Å²) in [5.74, 6) is 0.784. The molecule has 1 aliphatic rings. The Balaban J connectivity index is 0.00000200. The first kappa shape index (κ1) is 16.6. The third-order valence-electron chi connectivity index (χ3n) is 3.46. The van der Waals surface area contributed by atoms with Gasteiger partial charge >= 0.3 is 6.03 Å². The number of urea groups is 1. The van der Waals surface area contributed by atoms with Crippen molar-refractivity contribution in [3.8, 4) is 5.75 Å². The fourth-order valence-electron chi connectivity index (χ4n) is 2.27. The maximum atomic E-state index is 12.1. The molecule has 1 fully saturated rings. The van der Waals surface area contributed by atoms with Crippen LogP contribution in [0.15, 0.2) is 24.3 Å². The molecule has 2 amide bonds. The minimum absolute atomic E-state index is 0. The summed E-state index contributed by atoms with van der Waals surface area (Å²) >= 11 is 0. The third-order valence-corrected chi connectivity index (χ3v) is 3.46. The van der Waals surface area contributed by atoms with Crippen molar-refractivity contribution in [3.63, 3.8) is 0 Å². The summed E-state index contributed by atoms with van der Waals surface area (Å²) in [7, 11) is 3.56. The fraction of sp³-hybridized carbons (Fsp3) is 0.500. The first-order chi connectivity index (χ1) is 9.22. The molecule has 1 unspecified atom stereocenters. The average Bonchev–Trinajstić information content (AvgIpc) is 2.48. The van der Waals surface area contributed by atoms with E-state index in [0.29, 0.717) is 6.04 Å². The summed E-state index contributed by atoms with van der Waals surface area (Å²) in [5, 5.41) is 6.14. The molecule has 20 heavy (non-hydrogen) atoms. The number of halogens is 1. The van der Waals surface area contributed by atoms with Gasteiger partial charge in [0.05, 0.1) is 7.11 Å². The molecule has 1 aromatic carbocycles. The van der Waals surface area contributed by atoms with Crippen LogP contribution in [0.2, 0.25) is 0 Å². The molecular weight excluding hydrogens is 278 g/mol. The van der Waals surface area contributed by atoms with E-state index >= 15 is 0 Å². The van der Waals surface area contributed by atoms with Crippen LogP contribution in [-0.4, -0.2) is 44.2 Å². The zero-order valence-corrected chi connectivity index (χ0v) is 12.7. The van der Waals surface area contributed by atoms with Gasteiger partial charge in [0.2, 0.25) is 0 Å². The van der Waals surface area contributed by atoms with Gasteiger partial charge in [-0.05, 0) is 44.2 Å². The number of carbonyl (C=O) groups is 1. The molecule has 0 aromatic heterocycles. The molecule has 112 valence electrons. The predicted molar refractivity (Wildman–Crippen MR) is 82.9 cm³/mol. The Morgan fingerprint density at radius 3 is 2.65 bits per heavy atom. The summed E-state index contributed by atoms with van der Waals surface area (Å²) in [6.07, 6.45) is 2.17. The molecule has 1 saturated heterocycles. The van der Waals surface area contributed by atoms with Crippen LogP contribution in [0.3, 0.4) is 0 Å². The van der Waals surface area contributed by atoms with Crippen molar-refractivity contribution in [1.29, 1.82) is 0 Å². The van der Waals surface area contributed by atoms with Gasteiger partial charge in [0.25, 0.3) is 0 Å². The molecular formula is C14H22ClN3O2. The van der Waals surface area contributed by atoms with Gasteiger partial charge in [-0.15, -0.1) is 12.4 Å². The van der Waals surface area contributed by atoms with Crippen molar-refractivity contribution in [2.75, 3.05) is 32.6 Å². The lowest BCUT2D eigenvalue weighted by molar-refractivity contribution is 0.187. The lowest BCUT2D eigenvalue weighted by Gasteiger charge is -2.32. The van der Waals surface area contributed by atoms with Gasteiger partial charge in [-0.25, -0.2) is 4.79 Å². The zero-order valence-electron chi connectivity index (χ0n) is 11.9. The summed E-state index contributed by atoms with van der Waals surface area (Å²) in [6.45, 7) is 1.58. The van der Waals surface area contributed by atoms with E-state index in [1.807, 2.05) is 36.2 Å². The molecule has 1 aromatic rings. The maximum Gasteiger partial charge on any atom is 0.321 e. The topological polar surface area (TPSA) is 53.6 Å². The molecule has 0 aliphatic carbocycles. The number of rotatable bonds is 3. The Morgan fingerprint density at radius 1 is 1.35 bits per heavy atom. The van der Waals surface area contributed by atoms with Gasteiger partial charge < -0.3 is 20.3 Å². The Bertz CT molecular complexity index is 425. The molecule has 0 saturated carbocycles. The Morgan fingerprint density at radius 2 is 2.05 bits per heavy atom. The molecule has 6 heteroatoms. The number of likely N-dealkylation sites (tertiary alicyclic amines) is 1. The molecule has 5 nitrogen and oxygen atoms in total. The molecule has 0 spiro atoms. The lowest BCUT2D eigenvalue weighted by Crippen LogP contribution is -2.48. The van der Waals surface area contributed by atoms with Crippen molar-refractivity contribution in [2.45, 2.75) is 18.9 Å². The maximum absolute atomic E-state index is 12.1. The van der Waals surface area contributed by atoms with Crippen molar-refractivity contribution >= 4 is 24.1 Å². The Hall–Kier alpha value is -1.46. The highest BCUT2D eigenvalue weighted by molar-refractivity contribution is 5.89. The van der Waals surface area contributed by atoms with Gasteiger partial charge in [0, 0.05) is 24.8 Å². The van der Waals surface area contributed by atoms with Crippen molar-refractivity contribution in [1.82, 2.24) is 10.2 Å². The largest absolute Gasteiger partial charge is 0.497 e. The normalized spacial score (nSPS) is 18.1. The van der Waals surface area contributed by atoms with Crippen LogP contribution in [0.25, 0.3) is 0 Å². The van der Waals surface area contributed by atoms with Crippen LogP contribution in [0.5, 0.6) is 5.75 Å². The molecule has 1 atom stereocenters. The second-order valence-corrected chi connectivity index (χ2v) is 4.73. The van der Waals surface area contributed by atoms with Crippen LogP contribution in [0.4, 0.5) is 10.5 Å². The number of amides is 2. The van der Waals surface area contributed by atoms with Crippen molar-refractivity contribution in [3.05, 3.63) is 24.3 Å². The van der Waals surface area contributed by atoms with Crippen molar-refractivity contribution < 1.29 is 9.53 Å². The molecule has 1 aliphatic heterocycles. The number of nitrogens with zero attached hydrogens (tertiary/aromatic N) is 1. The minimum atomic E-state index is -0.0369. The Kier molecular flexibility index (Phi) is 6.61. The first-order valence-corrected chi connectivity index (χ1v) is 6.60. The predicted octanol–water partition coefficient (Wildman–Crippen LogP) is 2.33. The van der Waals surface area contributed by atoms with Crippen LogP contribution < -0.4 is 15.4 Å². The van der Waals surface area contributed by atoms with Crippen LogP contribution in [-0.2, 0) is 0 Å². The summed E-state index contributed by atoms with van der Waals surface area (Å²) in [6, 6.07) is 7.72. The third kappa shape index (κ3) is 4.28. The van der Waals surface area contributed by atoms with Crippen LogP contribution in [0.1, 0.15) is 12.8 Å². The number of likely N-dealkylation sites (N-methyl/N-ethyl adjacent to an activating group) is 1. The number of methoxy groups -OCH3 is 1. The number of hydrogen-bond donors (Lipinski definition) is 2. The highest BCUT2D eigenvalue weighted by atomic mass is 35.5. The Labute approximate surface area is 126 Å². The van der Waals surface area contributed by atoms with Crippen molar-refractivity contribution in [2.24, 2.45) is 0 Å². The van der Waals surface area contributed by atoms with E-state index in [2.05, 4.69) is 10.6 Å². The zero-order chi connectivity index (χ0) is 13.7. The smallest absolute Gasteiger partial charge is 0.321 e. The monoisotopic (exact) mass is 299 g/mol. The van der Waals surface area contributed by atoms with E-state index in [1.54, 1.807) is 7.11 Å². The number of nitrogens with one attached hydrogen (secondary N) is 2. The number of carbonyl (C=O) groups excluding carboxylic acids is 1. The summed E-state index contributed by atoms with van der Waals surface area (Å²) < 4.78 is 5.09. The summed E-state index contributed by atoms with van der Waals surface area (Å²) in [5.41, 5.74) is 0.789.